The highest BCUT2D eigenvalue weighted by molar-refractivity contribution is 6.05. The summed E-state index contributed by atoms with van der Waals surface area (Å²) in [5.74, 6) is 0.0394. The number of hydrogen-bond donors (Lipinski definition) is 2. The molecule has 6 nitrogen and oxygen atoms in total. The molecule has 2 aromatic rings. The standard InChI is InChI=1S/C15H20N4O2/c1-15(7-3-5-9-21-15)10-17-14(20)12-11-6-2-4-8-19(11)18-13(12)16/h2,4,6,8H,3,5,7,9-10H2,1H3,(H2,16,18)(H,17,20). The number of pyridine rings is 1. The summed E-state index contributed by atoms with van der Waals surface area (Å²) in [5.41, 5.74) is 6.72. The maximum Gasteiger partial charge on any atom is 0.257 e. The molecule has 0 aromatic carbocycles. The van der Waals surface area contributed by atoms with Crippen molar-refractivity contribution in [2.75, 3.05) is 18.9 Å². The molecule has 1 unspecified atom stereocenters. The first-order valence-corrected chi connectivity index (χ1v) is 7.24. The number of anilines is 1. The highest BCUT2D eigenvalue weighted by Crippen LogP contribution is 2.24. The Hall–Kier alpha value is -2.08. The van der Waals surface area contributed by atoms with Gasteiger partial charge < -0.3 is 15.8 Å². The van der Waals surface area contributed by atoms with Gasteiger partial charge in [-0.2, -0.15) is 0 Å². The zero-order valence-electron chi connectivity index (χ0n) is 12.1. The van der Waals surface area contributed by atoms with Gasteiger partial charge in [-0.25, -0.2) is 4.52 Å². The summed E-state index contributed by atoms with van der Waals surface area (Å²) in [4.78, 5) is 12.4. The second-order valence-electron chi connectivity index (χ2n) is 5.73. The number of nitrogens with two attached hydrogens (primary N) is 1. The summed E-state index contributed by atoms with van der Waals surface area (Å²) in [7, 11) is 0. The number of hydrogen-bond acceptors (Lipinski definition) is 4. The van der Waals surface area contributed by atoms with Gasteiger partial charge in [-0.3, -0.25) is 4.79 Å². The Morgan fingerprint density at radius 3 is 3.14 bits per heavy atom. The van der Waals surface area contributed by atoms with Crippen LogP contribution < -0.4 is 11.1 Å². The van der Waals surface area contributed by atoms with Gasteiger partial charge >= 0.3 is 0 Å². The average molecular weight is 288 g/mol. The molecule has 3 rings (SSSR count). The molecular weight excluding hydrogens is 268 g/mol. The van der Waals surface area contributed by atoms with Gasteiger partial charge in [0.15, 0.2) is 5.82 Å². The Balaban J connectivity index is 1.76. The second-order valence-corrected chi connectivity index (χ2v) is 5.73. The van der Waals surface area contributed by atoms with E-state index >= 15 is 0 Å². The lowest BCUT2D eigenvalue weighted by atomic mass is 9.96. The molecule has 1 fully saturated rings. The van der Waals surface area contributed by atoms with Crippen molar-refractivity contribution in [3.05, 3.63) is 30.0 Å². The quantitative estimate of drug-likeness (QED) is 0.899. The van der Waals surface area contributed by atoms with E-state index in [1.165, 1.54) is 0 Å². The number of ether oxygens (including phenoxy) is 1. The molecule has 0 spiro atoms. The van der Waals surface area contributed by atoms with E-state index in [9.17, 15) is 4.79 Å². The van der Waals surface area contributed by atoms with Crippen LogP contribution in [0.5, 0.6) is 0 Å². The number of carbonyl (C=O) groups is 1. The van der Waals surface area contributed by atoms with Gasteiger partial charge in [0, 0.05) is 19.3 Å². The lowest BCUT2D eigenvalue weighted by molar-refractivity contribution is -0.0618. The van der Waals surface area contributed by atoms with E-state index in [2.05, 4.69) is 10.4 Å². The van der Waals surface area contributed by atoms with Crippen molar-refractivity contribution in [3.8, 4) is 0 Å². The number of carbonyl (C=O) groups excluding carboxylic acids is 1. The highest BCUT2D eigenvalue weighted by atomic mass is 16.5. The normalized spacial score (nSPS) is 22.3. The summed E-state index contributed by atoms with van der Waals surface area (Å²) in [6, 6.07) is 5.54. The topological polar surface area (TPSA) is 81.7 Å². The molecule has 1 amide bonds. The van der Waals surface area contributed by atoms with Crippen LogP contribution in [0.2, 0.25) is 0 Å². The number of rotatable bonds is 3. The minimum absolute atomic E-state index is 0.205. The van der Waals surface area contributed by atoms with Crippen LogP contribution in [0.15, 0.2) is 24.4 Å². The number of nitrogen functional groups attached to an aromatic ring is 1. The van der Waals surface area contributed by atoms with E-state index in [0.717, 1.165) is 25.9 Å². The fourth-order valence-electron chi connectivity index (χ4n) is 2.74. The first-order valence-electron chi connectivity index (χ1n) is 7.24. The second kappa shape index (κ2) is 5.37. The minimum Gasteiger partial charge on any atom is -0.382 e. The monoisotopic (exact) mass is 288 g/mol. The first kappa shape index (κ1) is 13.9. The Bertz CT molecular complexity index is 659. The number of fused-ring (bicyclic) bond motifs is 1. The Morgan fingerprint density at radius 1 is 1.52 bits per heavy atom. The average Bonchev–Trinajstić information content (AvgIpc) is 2.81. The maximum atomic E-state index is 12.4. The third kappa shape index (κ3) is 2.71. The molecule has 0 bridgehead atoms. The van der Waals surface area contributed by atoms with Crippen molar-refractivity contribution in [1.29, 1.82) is 0 Å². The summed E-state index contributed by atoms with van der Waals surface area (Å²) in [6.07, 6.45) is 4.95. The van der Waals surface area contributed by atoms with Crippen molar-refractivity contribution in [1.82, 2.24) is 14.9 Å². The highest BCUT2D eigenvalue weighted by Gasteiger charge is 2.29. The van der Waals surface area contributed by atoms with Gasteiger partial charge in [0.25, 0.3) is 5.91 Å². The zero-order chi connectivity index (χ0) is 14.9. The molecule has 0 saturated carbocycles. The van der Waals surface area contributed by atoms with Gasteiger partial charge in [-0.05, 0) is 38.3 Å². The lowest BCUT2D eigenvalue weighted by Crippen LogP contribution is -2.44. The third-order valence-electron chi connectivity index (χ3n) is 3.97. The van der Waals surface area contributed by atoms with Crippen LogP contribution in [0, 0.1) is 0 Å². The molecule has 0 aliphatic carbocycles. The fraction of sp³-hybridized carbons (Fsp3) is 0.467. The molecule has 6 heteroatoms. The Kier molecular flexibility index (Phi) is 3.55. The molecule has 1 aliphatic rings. The number of nitrogens with one attached hydrogen (secondary N) is 1. The molecule has 112 valence electrons. The minimum atomic E-state index is -0.286. The van der Waals surface area contributed by atoms with E-state index in [1.54, 1.807) is 10.7 Å². The van der Waals surface area contributed by atoms with E-state index in [4.69, 9.17) is 10.5 Å². The molecule has 21 heavy (non-hydrogen) atoms. The maximum absolute atomic E-state index is 12.4. The molecule has 3 N–H and O–H groups in total. The smallest absolute Gasteiger partial charge is 0.257 e. The van der Waals surface area contributed by atoms with Crippen LogP contribution in [-0.2, 0) is 4.74 Å². The summed E-state index contributed by atoms with van der Waals surface area (Å²) >= 11 is 0. The first-order chi connectivity index (χ1) is 10.1. The van der Waals surface area contributed by atoms with Crippen LogP contribution in [-0.4, -0.2) is 34.3 Å². The van der Waals surface area contributed by atoms with Crippen LogP contribution in [0.4, 0.5) is 5.82 Å². The Labute approximate surface area is 123 Å². The number of amides is 1. The molecular formula is C15H20N4O2. The van der Waals surface area contributed by atoms with Crippen LogP contribution >= 0.6 is 0 Å². The van der Waals surface area contributed by atoms with E-state index in [1.807, 2.05) is 25.1 Å². The van der Waals surface area contributed by atoms with Crippen LogP contribution in [0.25, 0.3) is 5.52 Å². The van der Waals surface area contributed by atoms with Gasteiger partial charge in [-0.1, -0.05) is 6.07 Å². The van der Waals surface area contributed by atoms with E-state index < -0.39 is 0 Å². The van der Waals surface area contributed by atoms with E-state index in [0.29, 0.717) is 17.6 Å². The van der Waals surface area contributed by atoms with Gasteiger partial charge in [0.05, 0.1) is 11.1 Å². The molecule has 3 heterocycles. The third-order valence-corrected chi connectivity index (χ3v) is 3.97. The summed E-state index contributed by atoms with van der Waals surface area (Å²) in [5, 5.41) is 7.08. The van der Waals surface area contributed by atoms with Crippen molar-refractivity contribution in [2.24, 2.45) is 0 Å². The van der Waals surface area contributed by atoms with Gasteiger partial charge in [-0.15, -0.1) is 5.10 Å². The van der Waals surface area contributed by atoms with Crippen LogP contribution in [0.3, 0.4) is 0 Å². The molecule has 1 aliphatic heterocycles. The fourth-order valence-corrected chi connectivity index (χ4v) is 2.74. The predicted octanol–water partition coefficient (Wildman–Crippen LogP) is 1.61. The largest absolute Gasteiger partial charge is 0.382 e. The number of nitrogens with zero attached hydrogens (tertiary/aromatic N) is 2. The summed E-state index contributed by atoms with van der Waals surface area (Å²) in [6.45, 7) is 3.27. The van der Waals surface area contributed by atoms with E-state index in [-0.39, 0.29) is 17.3 Å². The van der Waals surface area contributed by atoms with Crippen molar-refractivity contribution < 1.29 is 9.53 Å². The van der Waals surface area contributed by atoms with Crippen molar-refractivity contribution in [3.63, 3.8) is 0 Å². The SMILES string of the molecule is CC1(CNC(=O)c2c(N)nn3ccccc23)CCCCO1. The van der Waals surface area contributed by atoms with Gasteiger partial charge in [0.1, 0.15) is 5.56 Å². The zero-order valence-corrected chi connectivity index (χ0v) is 12.1. The van der Waals surface area contributed by atoms with Gasteiger partial charge in [0.2, 0.25) is 0 Å². The summed E-state index contributed by atoms with van der Waals surface area (Å²) < 4.78 is 7.40. The number of aromatic nitrogens is 2. The predicted molar refractivity (Wildman–Crippen MR) is 80.1 cm³/mol. The van der Waals surface area contributed by atoms with Crippen molar-refractivity contribution >= 4 is 17.2 Å². The molecule has 2 aromatic heterocycles. The molecule has 0 radical (unpaired) electrons. The molecule has 1 saturated heterocycles. The van der Waals surface area contributed by atoms with Crippen LogP contribution in [0.1, 0.15) is 36.5 Å². The lowest BCUT2D eigenvalue weighted by Gasteiger charge is -2.33. The molecule has 1 atom stereocenters. The Morgan fingerprint density at radius 2 is 2.38 bits per heavy atom. The van der Waals surface area contributed by atoms with Crippen molar-refractivity contribution in [2.45, 2.75) is 31.8 Å².